The quantitative estimate of drug-likeness (QED) is 0.609. The molecule has 0 aromatic carbocycles. The normalized spacial score (nSPS) is 19.2. The van der Waals surface area contributed by atoms with Crippen LogP contribution in [0.3, 0.4) is 0 Å². The fourth-order valence-electron chi connectivity index (χ4n) is 0.327. The van der Waals surface area contributed by atoms with Gasteiger partial charge in [0, 0.05) is 0 Å². The van der Waals surface area contributed by atoms with Crippen LogP contribution in [0.1, 0.15) is 27.7 Å². The highest BCUT2D eigenvalue weighted by atomic mass is 19.3. The van der Waals surface area contributed by atoms with Crippen molar-refractivity contribution in [3.05, 3.63) is 0 Å². The topological polar surface area (TPSA) is 20.2 Å². The third-order valence-electron chi connectivity index (χ3n) is 1.94. The summed E-state index contributed by atoms with van der Waals surface area (Å²) in [6.45, 7) is 5.90. The average molecular weight is 152 g/mol. The maximum Gasteiger partial charge on any atom is 0.267 e. The average Bonchev–Trinajstić information content (AvgIpc) is 1.62. The lowest BCUT2D eigenvalue weighted by atomic mass is 9.78. The molecule has 0 amide bonds. The molecule has 1 atom stereocenters. The van der Waals surface area contributed by atoms with Crippen LogP contribution in [0, 0.1) is 5.41 Å². The number of hydrogen-bond donors (Lipinski definition) is 1. The summed E-state index contributed by atoms with van der Waals surface area (Å²) in [5, 5.41) is 9.18. The summed E-state index contributed by atoms with van der Waals surface area (Å²) in [7, 11) is 0. The van der Waals surface area contributed by atoms with Crippen molar-refractivity contribution in [3.63, 3.8) is 0 Å². The minimum Gasteiger partial charge on any atom is -0.384 e. The van der Waals surface area contributed by atoms with Gasteiger partial charge in [-0.25, -0.2) is 8.78 Å². The van der Waals surface area contributed by atoms with Gasteiger partial charge in [-0.15, -0.1) is 0 Å². The molecule has 3 heteroatoms. The number of alkyl halides is 2. The zero-order chi connectivity index (χ0) is 8.58. The fourth-order valence-corrected chi connectivity index (χ4v) is 0.327. The Balaban J connectivity index is 4.40. The van der Waals surface area contributed by atoms with Gasteiger partial charge in [-0.3, -0.25) is 0 Å². The Morgan fingerprint density at radius 2 is 1.40 bits per heavy atom. The minimum atomic E-state index is -2.69. The summed E-state index contributed by atoms with van der Waals surface area (Å²) in [4.78, 5) is 0. The van der Waals surface area contributed by atoms with Crippen LogP contribution in [-0.4, -0.2) is 17.1 Å². The van der Waals surface area contributed by atoms with Gasteiger partial charge in [0.15, 0.2) is 0 Å². The van der Waals surface area contributed by atoms with Crippen molar-refractivity contribution in [3.8, 4) is 0 Å². The molecule has 0 rings (SSSR count). The summed E-state index contributed by atoms with van der Waals surface area (Å²) in [6, 6.07) is 0. The third-order valence-corrected chi connectivity index (χ3v) is 1.94. The molecule has 10 heavy (non-hydrogen) atoms. The third kappa shape index (κ3) is 1.66. The predicted molar refractivity (Wildman–Crippen MR) is 36.1 cm³/mol. The molecule has 0 heterocycles. The summed E-state index contributed by atoms with van der Waals surface area (Å²) in [5.41, 5.74) is -2.67. The van der Waals surface area contributed by atoms with Gasteiger partial charge in [0.1, 0.15) is 5.60 Å². The van der Waals surface area contributed by atoms with Crippen LogP contribution < -0.4 is 0 Å². The highest BCUT2D eigenvalue weighted by Gasteiger charge is 2.43. The molecular formula is C7H14F2O. The molecule has 0 radical (unpaired) electrons. The second-order valence-electron chi connectivity index (χ2n) is 3.70. The molecule has 0 aliphatic rings. The van der Waals surface area contributed by atoms with Crippen LogP contribution >= 0.6 is 0 Å². The van der Waals surface area contributed by atoms with E-state index in [4.69, 9.17) is 0 Å². The summed E-state index contributed by atoms with van der Waals surface area (Å²) in [6.07, 6.45) is -2.69. The second kappa shape index (κ2) is 2.46. The molecule has 0 spiro atoms. The van der Waals surface area contributed by atoms with Crippen LogP contribution in [-0.2, 0) is 0 Å². The molecule has 0 saturated heterocycles. The lowest BCUT2D eigenvalue weighted by Gasteiger charge is -2.35. The van der Waals surface area contributed by atoms with Crippen molar-refractivity contribution in [2.45, 2.75) is 39.7 Å². The van der Waals surface area contributed by atoms with Gasteiger partial charge in [-0.1, -0.05) is 20.8 Å². The van der Waals surface area contributed by atoms with Gasteiger partial charge in [-0.2, -0.15) is 0 Å². The smallest absolute Gasteiger partial charge is 0.267 e. The highest BCUT2D eigenvalue weighted by Crippen LogP contribution is 2.34. The molecule has 1 unspecified atom stereocenters. The summed E-state index contributed by atoms with van der Waals surface area (Å²) >= 11 is 0. The first-order valence-corrected chi connectivity index (χ1v) is 3.20. The van der Waals surface area contributed by atoms with Crippen molar-refractivity contribution >= 4 is 0 Å². The first-order valence-electron chi connectivity index (χ1n) is 3.20. The van der Waals surface area contributed by atoms with E-state index < -0.39 is 17.4 Å². The van der Waals surface area contributed by atoms with Crippen molar-refractivity contribution in [1.82, 2.24) is 0 Å². The molecular weight excluding hydrogens is 138 g/mol. The first kappa shape index (κ1) is 9.82. The maximum absolute atomic E-state index is 12.1. The number of hydrogen-bond acceptors (Lipinski definition) is 1. The van der Waals surface area contributed by atoms with E-state index in [-0.39, 0.29) is 0 Å². The van der Waals surface area contributed by atoms with Crippen molar-refractivity contribution in [2.24, 2.45) is 5.41 Å². The SMILES string of the molecule is CC(C)(C)C(C)(O)C(F)F. The van der Waals surface area contributed by atoms with Gasteiger partial charge in [0.25, 0.3) is 6.43 Å². The Hall–Kier alpha value is -0.180. The minimum absolute atomic E-state index is 0.777. The Bertz CT molecular complexity index is 113. The Morgan fingerprint density at radius 3 is 1.40 bits per heavy atom. The van der Waals surface area contributed by atoms with Crippen LogP contribution in [0.4, 0.5) is 8.78 Å². The van der Waals surface area contributed by atoms with E-state index in [1.807, 2.05) is 0 Å². The van der Waals surface area contributed by atoms with Crippen LogP contribution in [0.25, 0.3) is 0 Å². The van der Waals surface area contributed by atoms with Gasteiger partial charge >= 0.3 is 0 Å². The molecule has 0 aromatic heterocycles. The first-order chi connectivity index (χ1) is 4.19. The lowest BCUT2D eigenvalue weighted by molar-refractivity contribution is -0.146. The molecule has 62 valence electrons. The number of aliphatic hydroxyl groups is 1. The molecule has 1 nitrogen and oxygen atoms in total. The largest absolute Gasteiger partial charge is 0.384 e. The molecule has 0 saturated carbocycles. The number of halogens is 2. The summed E-state index contributed by atoms with van der Waals surface area (Å²) < 4.78 is 24.1. The van der Waals surface area contributed by atoms with E-state index in [9.17, 15) is 13.9 Å². The van der Waals surface area contributed by atoms with Gasteiger partial charge in [-0.05, 0) is 12.3 Å². The standard InChI is InChI=1S/C7H14F2O/c1-6(2,3)7(4,10)5(8)9/h5,10H,1-4H3. The molecule has 0 fully saturated rings. The Labute approximate surface area is 60.1 Å². The van der Waals surface area contributed by atoms with Gasteiger partial charge in [0.05, 0.1) is 0 Å². The zero-order valence-electron chi connectivity index (χ0n) is 6.78. The van der Waals surface area contributed by atoms with E-state index in [1.54, 1.807) is 20.8 Å². The number of rotatable bonds is 1. The second-order valence-corrected chi connectivity index (χ2v) is 3.70. The lowest BCUT2D eigenvalue weighted by Crippen LogP contribution is -2.46. The molecule has 0 aliphatic carbocycles. The van der Waals surface area contributed by atoms with E-state index in [0.717, 1.165) is 6.92 Å². The zero-order valence-corrected chi connectivity index (χ0v) is 6.78. The van der Waals surface area contributed by atoms with Crippen molar-refractivity contribution < 1.29 is 13.9 Å². The van der Waals surface area contributed by atoms with Crippen molar-refractivity contribution in [2.75, 3.05) is 0 Å². The van der Waals surface area contributed by atoms with E-state index in [0.29, 0.717) is 0 Å². The Morgan fingerprint density at radius 1 is 1.10 bits per heavy atom. The molecule has 0 bridgehead atoms. The van der Waals surface area contributed by atoms with Crippen LogP contribution in [0.5, 0.6) is 0 Å². The maximum atomic E-state index is 12.1. The van der Waals surface area contributed by atoms with Gasteiger partial charge < -0.3 is 5.11 Å². The Kier molecular flexibility index (Phi) is 2.41. The van der Waals surface area contributed by atoms with E-state index in [2.05, 4.69) is 0 Å². The van der Waals surface area contributed by atoms with Crippen molar-refractivity contribution in [1.29, 1.82) is 0 Å². The van der Waals surface area contributed by atoms with Gasteiger partial charge in [0.2, 0.25) is 0 Å². The highest BCUT2D eigenvalue weighted by molar-refractivity contribution is 4.88. The van der Waals surface area contributed by atoms with E-state index in [1.165, 1.54) is 0 Å². The van der Waals surface area contributed by atoms with Crippen LogP contribution in [0.2, 0.25) is 0 Å². The fraction of sp³-hybridized carbons (Fsp3) is 1.00. The summed E-state index contributed by atoms with van der Waals surface area (Å²) in [5.74, 6) is 0. The van der Waals surface area contributed by atoms with Crippen LogP contribution in [0.15, 0.2) is 0 Å². The molecule has 0 aliphatic heterocycles. The predicted octanol–water partition coefficient (Wildman–Crippen LogP) is 2.05. The van der Waals surface area contributed by atoms with E-state index >= 15 is 0 Å². The molecule has 1 N–H and O–H groups in total. The molecule has 0 aromatic rings. The monoisotopic (exact) mass is 152 g/mol.